The van der Waals surface area contributed by atoms with Gasteiger partial charge in [-0.15, -0.1) is 11.3 Å². The highest BCUT2D eigenvalue weighted by atomic mass is 79.9. The van der Waals surface area contributed by atoms with Crippen molar-refractivity contribution in [1.82, 2.24) is 9.55 Å². The Morgan fingerprint density at radius 3 is 2.90 bits per heavy atom. The van der Waals surface area contributed by atoms with Crippen LogP contribution in [0.2, 0.25) is 0 Å². The number of halogens is 2. The summed E-state index contributed by atoms with van der Waals surface area (Å²) in [6.07, 6.45) is 0.872. The van der Waals surface area contributed by atoms with E-state index < -0.39 is 5.82 Å². The van der Waals surface area contributed by atoms with E-state index in [4.69, 9.17) is 17.0 Å². The van der Waals surface area contributed by atoms with Gasteiger partial charge in [-0.05, 0) is 46.7 Å². The molecule has 0 radical (unpaired) electrons. The smallest absolute Gasteiger partial charge is 0.178 e. The lowest BCUT2D eigenvalue weighted by atomic mass is 10.2. The quantitative estimate of drug-likeness (QED) is 0.645. The van der Waals surface area contributed by atoms with E-state index in [2.05, 4.69) is 27.0 Å². The van der Waals surface area contributed by atoms with Crippen molar-refractivity contribution in [2.75, 3.05) is 7.11 Å². The highest BCUT2D eigenvalue weighted by molar-refractivity contribution is 9.11. The van der Waals surface area contributed by atoms with Crippen LogP contribution >= 0.6 is 39.5 Å². The van der Waals surface area contributed by atoms with Gasteiger partial charge >= 0.3 is 0 Å². The zero-order valence-corrected chi connectivity index (χ0v) is 14.4. The third kappa shape index (κ3) is 2.90. The van der Waals surface area contributed by atoms with Gasteiger partial charge in [0.05, 0.1) is 21.9 Å². The van der Waals surface area contributed by atoms with Crippen LogP contribution in [0, 0.1) is 10.6 Å². The first-order valence-corrected chi connectivity index (χ1v) is 8.30. The number of benzene rings is 1. The molecule has 7 heteroatoms. The van der Waals surface area contributed by atoms with Crippen LogP contribution in [0.4, 0.5) is 4.39 Å². The Balaban J connectivity index is 1.97. The van der Waals surface area contributed by atoms with Crippen molar-refractivity contribution < 1.29 is 9.13 Å². The largest absolute Gasteiger partial charge is 0.494 e. The van der Waals surface area contributed by atoms with E-state index in [9.17, 15) is 4.39 Å². The molecule has 0 aliphatic carbocycles. The lowest BCUT2D eigenvalue weighted by Crippen LogP contribution is -2.00. The Kier molecular flexibility index (Phi) is 4.14. The second-order valence-electron chi connectivity index (χ2n) is 4.54. The summed E-state index contributed by atoms with van der Waals surface area (Å²) < 4.78 is 22.4. The lowest BCUT2D eigenvalue weighted by Gasteiger charge is -2.06. The molecule has 1 N–H and O–H groups in total. The Hall–Kier alpha value is -1.18. The van der Waals surface area contributed by atoms with Crippen LogP contribution < -0.4 is 4.74 Å². The Bertz CT molecular complexity index is 852. The Morgan fingerprint density at radius 1 is 1.43 bits per heavy atom. The van der Waals surface area contributed by atoms with Crippen molar-refractivity contribution >= 4 is 50.5 Å². The number of ether oxygens (including phenoxy) is 1. The number of aryl methyl sites for hydroxylation is 2. The second-order valence-corrected chi connectivity index (χ2v) is 7.48. The summed E-state index contributed by atoms with van der Waals surface area (Å²) in [6, 6.07) is 7.23. The van der Waals surface area contributed by atoms with Crippen LogP contribution in [-0.4, -0.2) is 16.7 Å². The zero-order valence-electron chi connectivity index (χ0n) is 11.2. The highest BCUT2D eigenvalue weighted by Gasteiger charge is 2.11. The fraction of sp³-hybridized carbons (Fsp3) is 0.214. The number of imidazole rings is 1. The molecule has 110 valence electrons. The SMILES string of the molecule is COc1cc2c(cc1F)[nH]c(=S)n2CCc1ccc(Br)s1. The summed E-state index contributed by atoms with van der Waals surface area (Å²) in [5.41, 5.74) is 1.54. The minimum absolute atomic E-state index is 0.226. The van der Waals surface area contributed by atoms with Crippen molar-refractivity contribution in [2.45, 2.75) is 13.0 Å². The Morgan fingerprint density at radius 2 is 2.24 bits per heavy atom. The number of nitrogens with zero attached hydrogens (tertiary/aromatic N) is 1. The maximum atomic E-state index is 13.7. The summed E-state index contributed by atoms with van der Waals surface area (Å²) >= 11 is 10.5. The van der Waals surface area contributed by atoms with E-state index in [0.29, 0.717) is 10.3 Å². The zero-order chi connectivity index (χ0) is 15.0. The molecule has 0 aliphatic heterocycles. The molecule has 0 amide bonds. The van der Waals surface area contributed by atoms with Crippen LogP contribution in [0.5, 0.6) is 5.75 Å². The number of aromatic amines is 1. The van der Waals surface area contributed by atoms with Gasteiger partial charge in [-0.3, -0.25) is 0 Å². The number of thiophene rings is 1. The van der Waals surface area contributed by atoms with Crippen LogP contribution in [0.25, 0.3) is 11.0 Å². The van der Waals surface area contributed by atoms with Crippen LogP contribution in [0.3, 0.4) is 0 Å². The molecule has 3 aromatic rings. The number of hydrogen-bond acceptors (Lipinski definition) is 3. The first kappa shape index (κ1) is 14.7. The van der Waals surface area contributed by atoms with E-state index >= 15 is 0 Å². The van der Waals surface area contributed by atoms with Gasteiger partial charge in [-0.2, -0.15) is 0 Å². The molecule has 0 bridgehead atoms. The van der Waals surface area contributed by atoms with E-state index in [1.165, 1.54) is 18.1 Å². The standard InChI is InChI=1S/C14H12BrFN2OS2/c1-19-12-7-11-10(6-9(12)16)17-14(20)18(11)5-4-8-2-3-13(15)21-8/h2-3,6-7H,4-5H2,1H3,(H,17,20). The number of hydrogen-bond donors (Lipinski definition) is 1. The van der Waals surface area contributed by atoms with Gasteiger partial charge < -0.3 is 14.3 Å². The predicted octanol–water partition coefficient (Wildman–Crippen LogP) is 4.91. The summed E-state index contributed by atoms with van der Waals surface area (Å²) in [6.45, 7) is 0.737. The monoisotopic (exact) mass is 386 g/mol. The van der Waals surface area contributed by atoms with Gasteiger partial charge in [0.15, 0.2) is 16.3 Å². The molecule has 0 saturated heterocycles. The molecule has 21 heavy (non-hydrogen) atoms. The molecule has 0 unspecified atom stereocenters. The lowest BCUT2D eigenvalue weighted by molar-refractivity contribution is 0.387. The average Bonchev–Trinajstić information content (AvgIpc) is 2.98. The van der Waals surface area contributed by atoms with Gasteiger partial charge in [0.2, 0.25) is 0 Å². The molecule has 0 spiro atoms. The molecule has 0 atom stereocenters. The molecule has 0 saturated carbocycles. The van der Waals surface area contributed by atoms with Crippen molar-refractivity contribution in [3.8, 4) is 5.75 Å². The van der Waals surface area contributed by atoms with E-state index in [1.807, 2.05) is 10.6 Å². The average molecular weight is 387 g/mol. The molecule has 3 rings (SSSR count). The molecule has 2 aromatic heterocycles. The van der Waals surface area contributed by atoms with E-state index in [0.717, 1.165) is 22.3 Å². The summed E-state index contributed by atoms with van der Waals surface area (Å²) in [5, 5.41) is 0. The van der Waals surface area contributed by atoms with Gasteiger partial charge in [-0.1, -0.05) is 0 Å². The maximum Gasteiger partial charge on any atom is 0.178 e. The molecule has 0 fully saturated rings. The summed E-state index contributed by atoms with van der Waals surface area (Å²) in [4.78, 5) is 4.31. The van der Waals surface area contributed by atoms with Crippen LogP contribution in [-0.2, 0) is 13.0 Å². The van der Waals surface area contributed by atoms with Gasteiger partial charge in [0, 0.05) is 23.6 Å². The highest BCUT2D eigenvalue weighted by Crippen LogP contribution is 2.26. The molecule has 2 heterocycles. The number of aromatic nitrogens is 2. The number of H-pyrrole nitrogens is 1. The number of rotatable bonds is 4. The van der Waals surface area contributed by atoms with Crippen molar-refractivity contribution in [2.24, 2.45) is 0 Å². The minimum atomic E-state index is -0.393. The molecule has 1 aromatic carbocycles. The fourth-order valence-corrected chi connectivity index (χ4v) is 4.02. The molecular weight excluding hydrogens is 375 g/mol. The molecule has 0 aliphatic rings. The molecular formula is C14H12BrFN2OS2. The van der Waals surface area contributed by atoms with Gasteiger partial charge in [-0.25, -0.2) is 4.39 Å². The van der Waals surface area contributed by atoms with E-state index in [1.54, 1.807) is 17.4 Å². The second kappa shape index (κ2) is 5.90. The third-order valence-corrected chi connectivity index (χ3v) is 5.26. The van der Waals surface area contributed by atoms with E-state index in [-0.39, 0.29) is 5.75 Å². The maximum absolute atomic E-state index is 13.7. The third-order valence-electron chi connectivity index (χ3n) is 3.26. The number of methoxy groups -OCH3 is 1. The normalized spacial score (nSPS) is 11.2. The van der Waals surface area contributed by atoms with Crippen molar-refractivity contribution in [3.63, 3.8) is 0 Å². The minimum Gasteiger partial charge on any atom is -0.494 e. The van der Waals surface area contributed by atoms with Crippen LogP contribution in [0.15, 0.2) is 28.1 Å². The fourth-order valence-electron chi connectivity index (χ4n) is 2.24. The number of fused-ring (bicyclic) bond motifs is 1. The van der Waals surface area contributed by atoms with Gasteiger partial charge in [0.25, 0.3) is 0 Å². The first-order valence-electron chi connectivity index (χ1n) is 6.29. The summed E-state index contributed by atoms with van der Waals surface area (Å²) in [7, 11) is 1.46. The molecule has 3 nitrogen and oxygen atoms in total. The topological polar surface area (TPSA) is 29.9 Å². The first-order chi connectivity index (χ1) is 10.1. The van der Waals surface area contributed by atoms with Gasteiger partial charge in [0.1, 0.15) is 0 Å². The summed E-state index contributed by atoms with van der Waals surface area (Å²) in [5.74, 6) is -0.167. The van der Waals surface area contributed by atoms with Crippen molar-refractivity contribution in [3.05, 3.63) is 43.5 Å². The van der Waals surface area contributed by atoms with Crippen molar-refractivity contribution in [1.29, 1.82) is 0 Å². The Labute approximate surface area is 138 Å². The predicted molar refractivity (Wildman–Crippen MR) is 89.4 cm³/mol. The number of nitrogens with one attached hydrogen (secondary N) is 1. The van der Waals surface area contributed by atoms with Crippen LogP contribution in [0.1, 0.15) is 4.88 Å².